The van der Waals surface area contributed by atoms with Crippen molar-refractivity contribution < 1.29 is 33.4 Å². The van der Waals surface area contributed by atoms with Crippen LogP contribution in [0.3, 0.4) is 0 Å². The van der Waals surface area contributed by atoms with Gasteiger partial charge in [-0.1, -0.05) is 149 Å². The maximum atomic E-state index is 13.1. The van der Waals surface area contributed by atoms with Gasteiger partial charge in [-0.2, -0.15) is 0 Å². The second-order valence-corrected chi connectivity index (χ2v) is 20.3. The summed E-state index contributed by atoms with van der Waals surface area (Å²) in [5, 5.41) is 7.16. The first-order valence-electron chi connectivity index (χ1n) is 27.4. The molecule has 0 radical (unpaired) electrons. The van der Waals surface area contributed by atoms with E-state index in [9.17, 15) is 24.0 Å². The highest BCUT2D eigenvalue weighted by atomic mass is 32.1. The maximum Gasteiger partial charge on any atom is 0.308 e. The zero-order chi connectivity index (χ0) is 49.2. The monoisotopic (exact) mass is 961 g/mol. The highest BCUT2D eigenvalue weighted by Crippen LogP contribution is 2.37. The molecule has 0 bridgehead atoms. The van der Waals surface area contributed by atoms with E-state index in [1.165, 1.54) is 103 Å². The predicted octanol–water partition coefficient (Wildman–Crippen LogP) is 13.4. The Morgan fingerprint density at radius 3 is 1.78 bits per heavy atom. The number of thiophene rings is 1. The number of carbonyl (C=O) groups excluding carboxylic acids is 5. The fourth-order valence-corrected chi connectivity index (χ4v) is 9.83. The number of amides is 2. The summed E-state index contributed by atoms with van der Waals surface area (Å²) in [6, 6.07) is 0. The van der Waals surface area contributed by atoms with Crippen molar-refractivity contribution in [1.29, 1.82) is 0 Å². The summed E-state index contributed by atoms with van der Waals surface area (Å²) in [4.78, 5) is 65.8. The van der Waals surface area contributed by atoms with Crippen molar-refractivity contribution in [2.24, 2.45) is 5.92 Å². The molecule has 12 heteroatoms. The molecule has 2 N–H and O–H groups in total. The van der Waals surface area contributed by atoms with Crippen LogP contribution in [-0.4, -0.2) is 93.8 Å². The maximum absolute atomic E-state index is 13.1. The molecule has 0 unspecified atom stereocenters. The number of esters is 2. The first-order valence-corrected chi connectivity index (χ1v) is 28.2. The Labute approximate surface area is 413 Å². The Morgan fingerprint density at radius 2 is 1.19 bits per heavy atom. The van der Waals surface area contributed by atoms with Crippen molar-refractivity contribution in [1.82, 2.24) is 15.1 Å². The van der Waals surface area contributed by atoms with Crippen LogP contribution in [0.5, 0.6) is 0 Å². The van der Waals surface area contributed by atoms with Crippen LogP contribution in [0.4, 0.5) is 5.00 Å². The molecule has 11 nitrogen and oxygen atoms in total. The zero-order valence-electron chi connectivity index (χ0n) is 43.9. The third-order valence-corrected chi connectivity index (χ3v) is 14.1. The third kappa shape index (κ3) is 31.7. The fraction of sp³-hybridized carbons (Fsp3) is 0.836. The lowest BCUT2D eigenvalue weighted by Crippen LogP contribution is -2.36. The van der Waals surface area contributed by atoms with Crippen LogP contribution in [0.15, 0.2) is 0 Å². The lowest BCUT2D eigenvalue weighted by molar-refractivity contribution is -0.149. The van der Waals surface area contributed by atoms with E-state index < -0.39 is 0 Å². The van der Waals surface area contributed by atoms with Gasteiger partial charge in [0.1, 0.15) is 11.3 Å². The molecule has 0 aliphatic carbocycles. The number of anilines is 1. The number of fused-ring (bicyclic) bond motifs is 1. The van der Waals surface area contributed by atoms with Gasteiger partial charge < -0.3 is 34.7 Å². The number of hydrogen-bond acceptors (Lipinski definition) is 10. The smallest absolute Gasteiger partial charge is 0.308 e. The van der Waals surface area contributed by atoms with Gasteiger partial charge in [0.2, 0.25) is 5.91 Å². The van der Waals surface area contributed by atoms with Crippen LogP contribution >= 0.6 is 11.3 Å². The molecule has 1 aromatic heterocycles. The number of nitrogens with zero attached hydrogens (tertiary/aromatic N) is 2. The lowest BCUT2D eigenvalue weighted by Gasteiger charge is -2.27. The lowest BCUT2D eigenvalue weighted by atomic mass is 9.94. The zero-order valence-corrected chi connectivity index (χ0v) is 44.7. The van der Waals surface area contributed by atoms with E-state index >= 15 is 0 Å². The summed E-state index contributed by atoms with van der Waals surface area (Å²) >= 11 is 1.59. The first-order chi connectivity index (χ1) is 32.6. The number of rotatable bonds is 42. The highest BCUT2D eigenvalue weighted by molar-refractivity contribution is 7.16. The quantitative estimate of drug-likeness (QED) is 0.0373. The number of nitrogens with one attached hydrogen (secondary N) is 2. The highest BCUT2D eigenvalue weighted by Gasteiger charge is 2.29. The fourth-order valence-electron chi connectivity index (χ4n) is 8.61. The van der Waals surface area contributed by atoms with Gasteiger partial charge in [-0.3, -0.25) is 19.2 Å². The summed E-state index contributed by atoms with van der Waals surface area (Å²) in [7, 11) is 5.92. The Kier molecular flexibility index (Phi) is 39.9. The van der Waals surface area contributed by atoms with Gasteiger partial charge in [0.05, 0.1) is 31.2 Å². The molecule has 67 heavy (non-hydrogen) atoms. The molecule has 0 saturated carbocycles. The summed E-state index contributed by atoms with van der Waals surface area (Å²) in [5.41, 5.74) is 1.84. The minimum Gasteiger partial charge on any atom is -0.466 e. The SMILES string of the molecule is CCCCCCCCC(CCCCCCCC)C(=O)OCCCCCC(=O)N1CCc2c(sc(NC)c2C(=O)NCCCN(C)C)C1.CCCCCCCCCOC(=O)CCCCCCC=O. The molecule has 2 amide bonds. The largest absolute Gasteiger partial charge is 0.466 e. The number of aldehydes is 1. The van der Waals surface area contributed by atoms with E-state index in [1.54, 1.807) is 11.3 Å². The van der Waals surface area contributed by atoms with E-state index in [0.29, 0.717) is 58.5 Å². The minimum absolute atomic E-state index is 0.00851. The molecular weight excluding hydrogens is 861 g/mol. The molecule has 1 aliphatic rings. The van der Waals surface area contributed by atoms with Crippen molar-refractivity contribution >= 4 is 46.4 Å². The number of ether oxygens (including phenoxy) is 2. The molecule has 0 fully saturated rings. The molecule has 1 aromatic rings. The molecule has 1 aliphatic heterocycles. The molecular formula is C55H100N4O7S. The third-order valence-electron chi connectivity index (χ3n) is 12.8. The van der Waals surface area contributed by atoms with Crippen molar-refractivity contribution in [3.63, 3.8) is 0 Å². The average molecular weight is 961 g/mol. The van der Waals surface area contributed by atoms with Crippen LogP contribution in [0.2, 0.25) is 0 Å². The molecule has 0 saturated heterocycles. The van der Waals surface area contributed by atoms with E-state index in [-0.39, 0.29) is 29.7 Å². The topological polar surface area (TPSA) is 134 Å². The Bertz CT molecular complexity index is 1400. The summed E-state index contributed by atoms with van der Waals surface area (Å²) in [6.07, 6.45) is 36.1. The Balaban J connectivity index is 0.000000939. The summed E-state index contributed by atoms with van der Waals surface area (Å²) in [6.45, 7) is 10.5. The van der Waals surface area contributed by atoms with Gasteiger partial charge in [-0.05, 0) is 90.4 Å². The second kappa shape index (κ2) is 43.1. The first kappa shape index (κ1) is 62.0. The molecule has 0 atom stereocenters. The second-order valence-electron chi connectivity index (χ2n) is 19.2. The Morgan fingerprint density at radius 1 is 0.672 bits per heavy atom. The summed E-state index contributed by atoms with van der Waals surface area (Å²) < 4.78 is 11.0. The normalized spacial score (nSPS) is 12.1. The number of hydrogen-bond donors (Lipinski definition) is 2. The van der Waals surface area contributed by atoms with E-state index in [1.807, 2.05) is 26.0 Å². The van der Waals surface area contributed by atoms with Gasteiger partial charge >= 0.3 is 11.9 Å². The van der Waals surface area contributed by atoms with E-state index in [2.05, 4.69) is 36.3 Å². The standard InChI is InChI=1S/C38H68N4O4S.C17H32O3/c1-6-8-10-12-14-17-22-31(23-18-15-13-11-9-7-2)38(45)46-29-20-16-19-24-34(43)42-28-25-32-33(30-42)47-37(39-3)35(32)36(44)40-26-21-27-41(4)5;1-2-3-4-5-6-10-13-16-20-17(19)14-11-8-7-9-12-15-18/h31,39H,6-30H2,1-5H3,(H,40,44);15H,2-14,16H2,1H3. The number of carbonyl (C=O) groups is 5. The molecule has 0 spiro atoms. The van der Waals surface area contributed by atoms with Crippen LogP contribution in [0, 0.1) is 5.92 Å². The van der Waals surface area contributed by atoms with Crippen molar-refractivity contribution in [3.05, 3.63) is 16.0 Å². The van der Waals surface area contributed by atoms with Gasteiger partial charge in [-0.15, -0.1) is 11.3 Å². The van der Waals surface area contributed by atoms with Gasteiger partial charge in [0, 0.05) is 44.3 Å². The Hall–Kier alpha value is -2.99. The van der Waals surface area contributed by atoms with Crippen LogP contribution in [-0.2, 0) is 41.6 Å². The molecule has 0 aromatic carbocycles. The minimum atomic E-state index is -0.0635. The van der Waals surface area contributed by atoms with Gasteiger partial charge in [0.25, 0.3) is 5.91 Å². The molecule has 2 heterocycles. The van der Waals surface area contributed by atoms with E-state index in [0.717, 1.165) is 117 Å². The van der Waals surface area contributed by atoms with Gasteiger partial charge in [-0.25, -0.2) is 0 Å². The average Bonchev–Trinajstić information content (AvgIpc) is 3.70. The van der Waals surface area contributed by atoms with Crippen molar-refractivity contribution in [3.8, 4) is 0 Å². The van der Waals surface area contributed by atoms with E-state index in [4.69, 9.17) is 9.47 Å². The van der Waals surface area contributed by atoms with Crippen LogP contribution in [0.25, 0.3) is 0 Å². The number of unbranched alkanes of at least 4 members (excludes halogenated alkanes) is 22. The van der Waals surface area contributed by atoms with Crippen LogP contribution < -0.4 is 10.6 Å². The summed E-state index contributed by atoms with van der Waals surface area (Å²) in [5.74, 6) is 0.104. The van der Waals surface area contributed by atoms with Crippen molar-refractivity contribution in [2.45, 2.75) is 239 Å². The van der Waals surface area contributed by atoms with Crippen molar-refractivity contribution in [2.75, 3.05) is 59.3 Å². The predicted molar refractivity (Wildman–Crippen MR) is 280 cm³/mol. The molecule has 388 valence electrons. The molecule has 2 rings (SSSR count). The van der Waals surface area contributed by atoms with Crippen LogP contribution in [0.1, 0.15) is 247 Å². The van der Waals surface area contributed by atoms with Gasteiger partial charge in [0.15, 0.2) is 0 Å².